The van der Waals surface area contributed by atoms with Crippen LogP contribution in [0.1, 0.15) is 16.3 Å². The molecule has 0 aliphatic heterocycles. The highest BCUT2D eigenvalue weighted by atomic mass is 35.5. The normalized spacial score (nSPS) is 10.8. The van der Waals surface area contributed by atoms with Crippen molar-refractivity contribution >= 4 is 34.7 Å². The molecule has 1 aromatic carbocycles. The maximum Gasteiger partial charge on any atom is 0.184 e. The molecular weight excluding hydrogens is 338 g/mol. The van der Waals surface area contributed by atoms with Crippen molar-refractivity contribution < 1.29 is 4.74 Å². The molecule has 7 heteroatoms. The van der Waals surface area contributed by atoms with Gasteiger partial charge in [-0.25, -0.2) is 4.98 Å². The van der Waals surface area contributed by atoms with Crippen molar-refractivity contribution in [2.45, 2.75) is 17.3 Å². The van der Waals surface area contributed by atoms with Crippen LogP contribution in [0.15, 0.2) is 41.6 Å². The lowest BCUT2D eigenvalue weighted by Gasteiger charge is -2.00. The highest BCUT2D eigenvalue weighted by molar-refractivity contribution is 7.98. The molecule has 0 aliphatic rings. The Bertz CT molecular complexity index is 739. The lowest BCUT2D eigenvalue weighted by Crippen LogP contribution is -1.91. The molecule has 1 N–H and O–H groups in total. The number of benzene rings is 1. The maximum atomic E-state index is 5.92. The van der Waals surface area contributed by atoms with E-state index in [0.717, 1.165) is 32.4 Å². The number of thiophene rings is 1. The molecule has 114 valence electrons. The summed E-state index contributed by atoms with van der Waals surface area (Å²) in [7, 11) is 1.66. The number of H-pyrrole nitrogens is 1. The van der Waals surface area contributed by atoms with Gasteiger partial charge >= 0.3 is 0 Å². The Balaban J connectivity index is 1.58. The Morgan fingerprint density at radius 1 is 1.23 bits per heavy atom. The number of hydrogen-bond donors (Lipinski definition) is 1. The first-order chi connectivity index (χ1) is 10.7. The first kappa shape index (κ1) is 15.4. The highest BCUT2D eigenvalue weighted by Gasteiger charge is 2.06. The van der Waals surface area contributed by atoms with Gasteiger partial charge in [-0.15, -0.1) is 11.3 Å². The van der Waals surface area contributed by atoms with Crippen LogP contribution in [0.25, 0.3) is 0 Å². The molecule has 0 amide bonds. The minimum Gasteiger partial charge on any atom is -0.497 e. The standard InChI is InChI=1S/C15H14ClN3OS2/c1-20-11-4-2-10(3-5-11)8-14-17-15(19-18-14)21-9-12-6-7-13(16)22-12/h2-7H,8-9H2,1H3,(H,17,18,19). The fourth-order valence-corrected chi connectivity index (χ4v) is 3.87. The Hall–Kier alpha value is -1.50. The third-order valence-corrected chi connectivity index (χ3v) is 5.34. The van der Waals surface area contributed by atoms with Crippen LogP contribution in [-0.2, 0) is 12.2 Å². The number of nitrogens with zero attached hydrogens (tertiary/aromatic N) is 2. The number of methoxy groups -OCH3 is 1. The van der Waals surface area contributed by atoms with Crippen molar-refractivity contribution in [3.05, 3.63) is 57.0 Å². The molecule has 3 aromatic rings. The van der Waals surface area contributed by atoms with Crippen LogP contribution >= 0.6 is 34.7 Å². The molecule has 0 bridgehead atoms. The fraction of sp³-hybridized carbons (Fsp3) is 0.200. The van der Waals surface area contributed by atoms with Crippen molar-refractivity contribution in [1.29, 1.82) is 0 Å². The van der Waals surface area contributed by atoms with Crippen molar-refractivity contribution in [2.24, 2.45) is 0 Å². The van der Waals surface area contributed by atoms with Gasteiger partial charge < -0.3 is 4.74 Å². The summed E-state index contributed by atoms with van der Waals surface area (Å²) in [5.74, 6) is 2.48. The van der Waals surface area contributed by atoms with Gasteiger partial charge in [0, 0.05) is 17.1 Å². The second-order valence-electron chi connectivity index (χ2n) is 4.58. The number of aromatic nitrogens is 3. The third-order valence-electron chi connectivity index (χ3n) is 3.01. The molecule has 2 aromatic heterocycles. The Morgan fingerprint density at radius 3 is 2.73 bits per heavy atom. The van der Waals surface area contributed by atoms with Crippen molar-refractivity contribution in [1.82, 2.24) is 15.2 Å². The predicted molar refractivity (Wildman–Crippen MR) is 91.1 cm³/mol. The predicted octanol–water partition coefficient (Wildman–Crippen LogP) is 4.41. The summed E-state index contributed by atoms with van der Waals surface area (Å²) in [6.07, 6.45) is 0.700. The number of ether oxygens (including phenoxy) is 1. The summed E-state index contributed by atoms with van der Waals surface area (Å²) >= 11 is 9.14. The van der Waals surface area contributed by atoms with Crippen LogP contribution < -0.4 is 4.74 Å². The zero-order valence-corrected chi connectivity index (χ0v) is 14.3. The maximum absolute atomic E-state index is 5.92. The van der Waals surface area contributed by atoms with Crippen LogP contribution in [0.2, 0.25) is 4.34 Å². The van der Waals surface area contributed by atoms with Gasteiger partial charge in [0.15, 0.2) is 11.0 Å². The van der Waals surface area contributed by atoms with E-state index in [1.165, 1.54) is 4.88 Å². The number of aromatic amines is 1. The molecule has 3 rings (SSSR count). The number of nitrogens with one attached hydrogen (secondary N) is 1. The summed E-state index contributed by atoms with van der Waals surface area (Å²) < 4.78 is 5.96. The van der Waals surface area contributed by atoms with Gasteiger partial charge in [0.2, 0.25) is 0 Å². The Kier molecular flexibility index (Phi) is 5.02. The summed E-state index contributed by atoms with van der Waals surface area (Å²) in [6.45, 7) is 0. The smallest absolute Gasteiger partial charge is 0.184 e. The largest absolute Gasteiger partial charge is 0.497 e. The number of thioether (sulfide) groups is 1. The molecule has 0 saturated heterocycles. The topological polar surface area (TPSA) is 50.8 Å². The molecule has 22 heavy (non-hydrogen) atoms. The zero-order valence-electron chi connectivity index (χ0n) is 11.9. The second-order valence-corrected chi connectivity index (χ2v) is 7.34. The van der Waals surface area contributed by atoms with Crippen LogP contribution in [0.4, 0.5) is 0 Å². The monoisotopic (exact) mass is 351 g/mol. The molecule has 0 unspecified atom stereocenters. The van der Waals surface area contributed by atoms with Gasteiger partial charge in [-0.1, -0.05) is 35.5 Å². The number of halogens is 1. The van der Waals surface area contributed by atoms with Gasteiger partial charge in [0.25, 0.3) is 0 Å². The summed E-state index contributed by atoms with van der Waals surface area (Å²) in [4.78, 5) is 5.73. The summed E-state index contributed by atoms with van der Waals surface area (Å²) in [5, 5.41) is 8.06. The van der Waals surface area contributed by atoms with Gasteiger partial charge in [-0.05, 0) is 29.8 Å². The highest BCUT2D eigenvalue weighted by Crippen LogP contribution is 2.27. The van der Waals surface area contributed by atoms with Crippen LogP contribution in [0, 0.1) is 0 Å². The quantitative estimate of drug-likeness (QED) is 0.668. The van der Waals surface area contributed by atoms with Crippen LogP contribution in [0.5, 0.6) is 5.75 Å². The number of rotatable bonds is 6. The second kappa shape index (κ2) is 7.17. The van der Waals surface area contributed by atoms with E-state index >= 15 is 0 Å². The van der Waals surface area contributed by atoms with Crippen molar-refractivity contribution in [3.8, 4) is 5.75 Å². The van der Waals surface area contributed by atoms with E-state index in [2.05, 4.69) is 15.2 Å². The SMILES string of the molecule is COc1ccc(Cc2n[nH]c(SCc3ccc(Cl)s3)n2)cc1. The van der Waals surface area contributed by atoms with E-state index in [1.807, 2.05) is 36.4 Å². The third kappa shape index (κ3) is 4.03. The van der Waals surface area contributed by atoms with E-state index < -0.39 is 0 Å². The zero-order chi connectivity index (χ0) is 15.4. The first-order valence-electron chi connectivity index (χ1n) is 6.64. The molecular formula is C15H14ClN3OS2. The van der Waals surface area contributed by atoms with Crippen LogP contribution in [-0.4, -0.2) is 22.3 Å². The molecule has 0 aliphatic carbocycles. The Labute approximate surface area is 141 Å². The molecule has 2 heterocycles. The lowest BCUT2D eigenvalue weighted by molar-refractivity contribution is 0.414. The molecule has 0 fully saturated rings. The molecule has 0 atom stereocenters. The van der Waals surface area contributed by atoms with E-state index in [4.69, 9.17) is 16.3 Å². The van der Waals surface area contributed by atoms with Gasteiger partial charge in [0.1, 0.15) is 5.75 Å². The molecule has 0 saturated carbocycles. The van der Waals surface area contributed by atoms with Gasteiger partial charge in [0.05, 0.1) is 11.4 Å². The van der Waals surface area contributed by atoms with Gasteiger partial charge in [-0.2, -0.15) is 5.10 Å². The average molecular weight is 352 g/mol. The first-order valence-corrected chi connectivity index (χ1v) is 8.82. The van der Waals surface area contributed by atoms with E-state index in [-0.39, 0.29) is 0 Å². The van der Waals surface area contributed by atoms with Crippen LogP contribution in [0.3, 0.4) is 0 Å². The molecule has 0 radical (unpaired) electrons. The molecule has 0 spiro atoms. The lowest BCUT2D eigenvalue weighted by atomic mass is 10.1. The average Bonchev–Trinajstić information content (AvgIpc) is 3.15. The minimum atomic E-state index is 0.700. The van der Waals surface area contributed by atoms with E-state index in [1.54, 1.807) is 30.2 Å². The van der Waals surface area contributed by atoms with Crippen molar-refractivity contribution in [2.75, 3.05) is 7.11 Å². The number of hydrogen-bond acceptors (Lipinski definition) is 5. The van der Waals surface area contributed by atoms with Crippen molar-refractivity contribution in [3.63, 3.8) is 0 Å². The Morgan fingerprint density at radius 2 is 2.05 bits per heavy atom. The molecule has 4 nitrogen and oxygen atoms in total. The minimum absolute atomic E-state index is 0.700. The van der Waals surface area contributed by atoms with E-state index in [0.29, 0.717) is 6.42 Å². The summed E-state index contributed by atoms with van der Waals surface area (Å²) in [5.41, 5.74) is 1.15. The summed E-state index contributed by atoms with van der Waals surface area (Å²) in [6, 6.07) is 11.9. The van der Waals surface area contributed by atoms with E-state index in [9.17, 15) is 0 Å². The van der Waals surface area contributed by atoms with Gasteiger partial charge in [-0.3, -0.25) is 5.10 Å². The fourth-order valence-electron chi connectivity index (χ4n) is 1.92.